The third-order valence-electron chi connectivity index (χ3n) is 2.65. The van der Waals surface area contributed by atoms with E-state index in [-0.39, 0.29) is 10.9 Å². The van der Waals surface area contributed by atoms with Gasteiger partial charge in [-0.2, -0.15) is 8.42 Å². The van der Waals surface area contributed by atoms with Gasteiger partial charge in [0.15, 0.2) is 5.03 Å². The molecule has 100 valence electrons. The highest BCUT2D eigenvalue weighted by molar-refractivity contribution is 7.92. The fourth-order valence-electron chi connectivity index (χ4n) is 1.52. The number of hydrogen-bond acceptors (Lipinski definition) is 4. The number of amidine groups is 1. The molecule has 0 unspecified atom stereocenters. The van der Waals surface area contributed by atoms with Gasteiger partial charge in [-0.1, -0.05) is 0 Å². The first-order valence-electron chi connectivity index (χ1n) is 5.34. The molecule has 4 N–H and O–H groups in total. The molecule has 0 radical (unpaired) electrons. The summed E-state index contributed by atoms with van der Waals surface area (Å²) < 4.78 is 25.5. The molecule has 0 saturated carbocycles. The smallest absolute Gasteiger partial charge is 0.281 e. The lowest BCUT2D eigenvalue weighted by Gasteiger charge is -2.18. The minimum absolute atomic E-state index is 0.0191. The highest BCUT2D eigenvalue weighted by Crippen LogP contribution is 2.20. The quantitative estimate of drug-likeness (QED) is 0.558. The Morgan fingerprint density at radius 1 is 1.37 bits per heavy atom. The molecular weight excluding hydrogens is 266 g/mol. The van der Waals surface area contributed by atoms with Crippen molar-refractivity contribution >= 4 is 21.5 Å². The second kappa shape index (κ2) is 4.73. The van der Waals surface area contributed by atoms with Gasteiger partial charge in [-0.3, -0.25) is 9.71 Å². The molecule has 0 saturated heterocycles. The maximum absolute atomic E-state index is 12.2. The second-order valence-corrected chi connectivity index (χ2v) is 5.79. The van der Waals surface area contributed by atoms with Crippen molar-refractivity contribution in [1.29, 1.82) is 5.41 Å². The third-order valence-corrected chi connectivity index (χ3v) is 4.36. The van der Waals surface area contributed by atoms with Crippen LogP contribution >= 0.6 is 0 Å². The van der Waals surface area contributed by atoms with Crippen molar-refractivity contribution < 1.29 is 8.42 Å². The van der Waals surface area contributed by atoms with Crippen LogP contribution in [-0.2, 0) is 10.0 Å². The zero-order valence-electron chi connectivity index (χ0n) is 10.2. The van der Waals surface area contributed by atoms with E-state index >= 15 is 0 Å². The highest BCUT2D eigenvalue weighted by atomic mass is 32.2. The van der Waals surface area contributed by atoms with E-state index in [1.54, 1.807) is 24.3 Å². The number of hydrogen-bond donors (Lipinski definition) is 3. The normalized spacial score (nSPS) is 11.2. The van der Waals surface area contributed by atoms with Gasteiger partial charge < -0.3 is 10.7 Å². The van der Waals surface area contributed by atoms with Gasteiger partial charge in [0, 0.05) is 12.6 Å². The maximum atomic E-state index is 12.2. The first kappa shape index (κ1) is 13.1. The average molecular weight is 279 g/mol. The average Bonchev–Trinajstić information content (AvgIpc) is 2.92. The Hall–Kier alpha value is -2.35. The minimum Gasteiger partial charge on any atom is -0.384 e. The minimum atomic E-state index is -3.65. The van der Waals surface area contributed by atoms with Crippen LogP contribution in [0.5, 0.6) is 0 Å². The van der Waals surface area contributed by atoms with Crippen molar-refractivity contribution in [2.24, 2.45) is 5.73 Å². The van der Waals surface area contributed by atoms with Crippen LogP contribution < -0.4 is 10.0 Å². The molecule has 2 aromatic rings. The molecule has 0 fully saturated rings. The molecule has 0 aliphatic carbocycles. The molecule has 0 atom stereocenters. The number of anilines is 1. The van der Waals surface area contributed by atoms with Crippen LogP contribution in [-0.4, -0.2) is 31.3 Å². The van der Waals surface area contributed by atoms with Crippen LogP contribution in [0.15, 0.2) is 41.8 Å². The number of H-pyrrole nitrogens is 1. The first-order valence-corrected chi connectivity index (χ1v) is 6.78. The van der Waals surface area contributed by atoms with E-state index in [0.29, 0.717) is 11.3 Å². The molecule has 19 heavy (non-hydrogen) atoms. The van der Waals surface area contributed by atoms with Crippen molar-refractivity contribution in [2.75, 3.05) is 11.4 Å². The van der Waals surface area contributed by atoms with Crippen LogP contribution in [0.4, 0.5) is 5.69 Å². The molecule has 0 aliphatic rings. The van der Waals surface area contributed by atoms with Crippen LogP contribution in [0.2, 0.25) is 0 Å². The van der Waals surface area contributed by atoms with E-state index in [0.717, 1.165) is 4.31 Å². The number of nitrogens with one attached hydrogen (secondary N) is 2. The van der Waals surface area contributed by atoms with Crippen LogP contribution in [0, 0.1) is 5.41 Å². The van der Waals surface area contributed by atoms with Crippen molar-refractivity contribution in [3.63, 3.8) is 0 Å². The van der Waals surface area contributed by atoms with E-state index in [9.17, 15) is 8.42 Å². The Kier molecular flexibility index (Phi) is 3.26. The second-order valence-electron chi connectivity index (χ2n) is 3.85. The van der Waals surface area contributed by atoms with Crippen molar-refractivity contribution in [2.45, 2.75) is 5.03 Å². The summed E-state index contributed by atoms with van der Waals surface area (Å²) in [4.78, 5) is 6.26. The molecule has 0 bridgehead atoms. The standard InChI is InChI=1S/C11H13N5O2S/c1-16(19(17,18)10-6-14-7-15-10)9-4-2-8(3-5-9)11(12)13/h2-7H,1H3,(H3,12,13)(H,14,15). The Bertz CT molecular complexity index is 676. The van der Waals surface area contributed by atoms with Crippen LogP contribution in [0.25, 0.3) is 0 Å². The molecular formula is C11H13N5O2S. The third kappa shape index (κ3) is 2.43. The van der Waals surface area contributed by atoms with Crippen LogP contribution in [0.3, 0.4) is 0 Å². The fraction of sp³-hybridized carbons (Fsp3) is 0.0909. The van der Waals surface area contributed by atoms with Gasteiger partial charge in [-0.25, -0.2) is 4.98 Å². The Morgan fingerprint density at radius 3 is 2.47 bits per heavy atom. The van der Waals surface area contributed by atoms with Crippen LogP contribution in [0.1, 0.15) is 5.56 Å². The van der Waals surface area contributed by atoms with Gasteiger partial charge in [-0.05, 0) is 24.3 Å². The Morgan fingerprint density at radius 2 is 2.00 bits per heavy atom. The molecule has 1 heterocycles. The molecule has 1 aromatic heterocycles. The number of benzene rings is 1. The number of imidazole rings is 1. The number of nitrogens with two attached hydrogens (primary N) is 1. The summed E-state index contributed by atoms with van der Waals surface area (Å²) >= 11 is 0. The number of sulfonamides is 1. The van der Waals surface area contributed by atoms with Gasteiger partial charge >= 0.3 is 0 Å². The lowest BCUT2D eigenvalue weighted by Crippen LogP contribution is -2.26. The summed E-state index contributed by atoms with van der Waals surface area (Å²) in [7, 11) is -2.21. The Labute approximate surface area is 110 Å². The number of rotatable bonds is 4. The number of aromatic amines is 1. The van der Waals surface area contributed by atoms with E-state index < -0.39 is 10.0 Å². The highest BCUT2D eigenvalue weighted by Gasteiger charge is 2.22. The predicted molar refractivity (Wildman–Crippen MR) is 71.6 cm³/mol. The first-order chi connectivity index (χ1) is 8.93. The van der Waals surface area contributed by atoms with Gasteiger partial charge in [0.05, 0.1) is 18.2 Å². The lowest BCUT2D eigenvalue weighted by atomic mass is 10.2. The maximum Gasteiger partial charge on any atom is 0.281 e. The lowest BCUT2D eigenvalue weighted by molar-refractivity contribution is 0.591. The summed E-state index contributed by atoms with van der Waals surface area (Å²) in [5.41, 5.74) is 6.35. The molecule has 8 heteroatoms. The molecule has 2 rings (SSSR count). The molecule has 1 aromatic carbocycles. The van der Waals surface area contributed by atoms with E-state index in [4.69, 9.17) is 11.1 Å². The Balaban J connectivity index is 2.34. The summed E-state index contributed by atoms with van der Waals surface area (Å²) in [5, 5.41) is 7.30. The van der Waals surface area contributed by atoms with E-state index in [1.807, 2.05) is 0 Å². The topological polar surface area (TPSA) is 116 Å². The van der Waals surface area contributed by atoms with Crippen molar-refractivity contribution in [3.8, 4) is 0 Å². The van der Waals surface area contributed by atoms with Gasteiger partial charge in [0.2, 0.25) is 0 Å². The summed E-state index contributed by atoms with van der Waals surface area (Å²) in [6.07, 6.45) is 2.55. The summed E-state index contributed by atoms with van der Waals surface area (Å²) in [6.45, 7) is 0. The zero-order chi connectivity index (χ0) is 14.0. The molecule has 0 aliphatic heterocycles. The molecule has 0 spiro atoms. The van der Waals surface area contributed by atoms with E-state index in [1.165, 1.54) is 19.6 Å². The van der Waals surface area contributed by atoms with Gasteiger partial charge in [-0.15, -0.1) is 0 Å². The summed E-state index contributed by atoms with van der Waals surface area (Å²) in [5.74, 6) is -0.0642. The summed E-state index contributed by atoms with van der Waals surface area (Å²) in [6, 6.07) is 6.36. The number of aromatic nitrogens is 2. The van der Waals surface area contributed by atoms with Gasteiger partial charge in [0.1, 0.15) is 5.84 Å². The zero-order valence-corrected chi connectivity index (χ0v) is 11.0. The van der Waals surface area contributed by atoms with Crippen molar-refractivity contribution in [3.05, 3.63) is 42.4 Å². The van der Waals surface area contributed by atoms with E-state index in [2.05, 4.69) is 9.97 Å². The fourth-order valence-corrected chi connectivity index (χ4v) is 2.61. The molecule has 7 nitrogen and oxygen atoms in total. The predicted octanol–water partition coefficient (Wildman–Crippen LogP) is 0.519. The molecule has 0 amide bonds. The van der Waals surface area contributed by atoms with Gasteiger partial charge in [0.25, 0.3) is 10.0 Å². The number of nitrogen functional groups attached to an aromatic ring is 1. The van der Waals surface area contributed by atoms with Crippen molar-refractivity contribution in [1.82, 2.24) is 9.97 Å². The number of nitrogens with zero attached hydrogens (tertiary/aromatic N) is 2. The monoisotopic (exact) mass is 279 g/mol. The SMILES string of the molecule is CN(c1ccc(C(=N)N)cc1)S(=O)(=O)c1cnc[nH]1. The largest absolute Gasteiger partial charge is 0.384 e.